The second-order valence-electron chi connectivity index (χ2n) is 3.14. The fraction of sp³-hybridized carbons (Fsp3) is 0.875. The van der Waals surface area contributed by atoms with Gasteiger partial charge in [-0.05, 0) is 6.92 Å². The van der Waals surface area contributed by atoms with Gasteiger partial charge >= 0.3 is 0 Å². The Hall–Kier alpha value is -0.450. The van der Waals surface area contributed by atoms with Gasteiger partial charge in [0.25, 0.3) is 0 Å². The van der Waals surface area contributed by atoms with E-state index in [1.54, 1.807) is 6.92 Å². The van der Waals surface area contributed by atoms with E-state index in [0.29, 0.717) is 6.54 Å². The van der Waals surface area contributed by atoms with Crippen LogP contribution in [0, 0.1) is 0 Å². The predicted octanol–water partition coefficient (Wildman–Crippen LogP) is -0.859. The normalized spacial score (nSPS) is 23.8. The van der Waals surface area contributed by atoms with Crippen LogP contribution in [0.15, 0.2) is 0 Å². The summed E-state index contributed by atoms with van der Waals surface area (Å²) in [6, 6.07) is 0. The van der Waals surface area contributed by atoms with Crippen LogP contribution in [-0.2, 0) is 4.79 Å². The third kappa shape index (κ3) is 2.55. The van der Waals surface area contributed by atoms with Crippen LogP contribution in [0.1, 0.15) is 6.92 Å². The number of hydrogen-bond acceptors (Lipinski definition) is 4. The molecule has 1 aliphatic heterocycles. The third-order valence-corrected chi connectivity index (χ3v) is 2.27. The Kier molecular flexibility index (Phi) is 3.65. The van der Waals surface area contributed by atoms with Gasteiger partial charge in [-0.1, -0.05) is 0 Å². The molecule has 1 atom stereocenters. The van der Waals surface area contributed by atoms with E-state index in [1.165, 1.54) is 0 Å². The van der Waals surface area contributed by atoms with Crippen molar-refractivity contribution in [1.29, 1.82) is 0 Å². The molecule has 1 fully saturated rings. The first kappa shape index (κ1) is 9.64. The summed E-state index contributed by atoms with van der Waals surface area (Å²) in [6.07, 6.45) is 0.571. The van der Waals surface area contributed by atoms with Crippen molar-refractivity contribution >= 4 is 6.29 Å². The quantitative estimate of drug-likeness (QED) is 0.563. The maximum Gasteiger partial charge on any atom is 0.133 e. The lowest BCUT2D eigenvalue weighted by Gasteiger charge is -2.35. The molecule has 1 aliphatic rings. The zero-order chi connectivity index (χ0) is 8.97. The number of carbonyl (C=O) groups excluding carboxylic acids is 1. The molecule has 1 saturated heterocycles. The van der Waals surface area contributed by atoms with E-state index in [0.717, 1.165) is 32.5 Å². The fourth-order valence-corrected chi connectivity index (χ4v) is 1.42. The second-order valence-corrected chi connectivity index (χ2v) is 3.14. The van der Waals surface area contributed by atoms with Crippen molar-refractivity contribution in [3.05, 3.63) is 0 Å². The van der Waals surface area contributed by atoms with Crippen molar-refractivity contribution in [2.75, 3.05) is 32.7 Å². The van der Waals surface area contributed by atoms with Gasteiger partial charge in [-0.15, -0.1) is 0 Å². The SMILES string of the molecule is CC(O)N1CCN(CC=O)CC1. The van der Waals surface area contributed by atoms with Gasteiger partial charge in [0.2, 0.25) is 0 Å². The Labute approximate surface area is 72.8 Å². The first-order valence-corrected chi connectivity index (χ1v) is 4.32. The number of aliphatic hydroxyl groups is 1. The number of carbonyl (C=O) groups is 1. The molecule has 12 heavy (non-hydrogen) atoms. The Balaban J connectivity index is 2.24. The highest BCUT2D eigenvalue weighted by molar-refractivity contribution is 5.51. The Morgan fingerprint density at radius 3 is 2.42 bits per heavy atom. The lowest BCUT2D eigenvalue weighted by Crippen LogP contribution is -2.49. The van der Waals surface area contributed by atoms with Gasteiger partial charge in [-0.25, -0.2) is 0 Å². The molecule has 0 aromatic rings. The smallest absolute Gasteiger partial charge is 0.133 e. The number of hydrogen-bond donors (Lipinski definition) is 1. The maximum atomic E-state index is 10.2. The zero-order valence-electron chi connectivity index (χ0n) is 7.44. The Morgan fingerprint density at radius 1 is 1.42 bits per heavy atom. The number of aliphatic hydroxyl groups excluding tert-OH is 1. The van der Waals surface area contributed by atoms with Crippen LogP contribution in [0.25, 0.3) is 0 Å². The molecule has 0 aromatic heterocycles. The molecule has 0 aliphatic carbocycles. The summed E-state index contributed by atoms with van der Waals surface area (Å²) in [5.74, 6) is 0. The van der Waals surface area contributed by atoms with Crippen molar-refractivity contribution in [1.82, 2.24) is 9.80 Å². The Morgan fingerprint density at radius 2 is 2.00 bits per heavy atom. The topological polar surface area (TPSA) is 43.8 Å². The predicted molar refractivity (Wildman–Crippen MR) is 45.8 cm³/mol. The molecule has 0 bridgehead atoms. The summed E-state index contributed by atoms with van der Waals surface area (Å²) < 4.78 is 0. The van der Waals surface area contributed by atoms with Gasteiger partial charge < -0.3 is 9.90 Å². The van der Waals surface area contributed by atoms with E-state index in [-0.39, 0.29) is 6.23 Å². The summed E-state index contributed by atoms with van der Waals surface area (Å²) in [5.41, 5.74) is 0. The highest BCUT2D eigenvalue weighted by Crippen LogP contribution is 2.02. The zero-order valence-corrected chi connectivity index (χ0v) is 7.44. The monoisotopic (exact) mass is 172 g/mol. The first-order chi connectivity index (χ1) is 5.74. The van der Waals surface area contributed by atoms with Crippen LogP contribution < -0.4 is 0 Å². The van der Waals surface area contributed by atoms with E-state index >= 15 is 0 Å². The minimum absolute atomic E-state index is 0.358. The number of nitrogens with zero attached hydrogens (tertiary/aromatic N) is 2. The number of aldehydes is 1. The summed E-state index contributed by atoms with van der Waals surface area (Å²) in [6.45, 7) is 5.76. The van der Waals surface area contributed by atoms with Gasteiger partial charge in [0, 0.05) is 26.2 Å². The molecule has 0 spiro atoms. The van der Waals surface area contributed by atoms with E-state index in [9.17, 15) is 9.90 Å². The van der Waals surface area contributed by atoms with E-state index in [4.69, 9.17) is 0 Å². The van der Waals surface area contributed by atoms with Crippen molar-refractivity contribution in [3.63, 3.8) is 0 Å². The molecular weight excluding hydrogens is 156 g/mol. The van der Waals surface area contributed by atoms with E-state index < -0.39 is 0 Å². The first-order valence-electron chi connectivity index (χ1n) is 4.32. The highest BCUT2D eigenvalue weighted by Gasteiger charge is 2.18. The summed E-state index contributed by atoms with van der Waals surface area (Å²) in [5, 5.41) is 9.23. The van der Waals surface area contributed by atoms with Gasteiger partial charge in [0.05, 0.1) is 6.54 Å². The van der Waals surface area contributed by atoms with Crippen molar-refractivity contribution in [2.45, 2.75) is 13.2 Å². The number of piperazine rings is 1. The summed E-state index contributed by atoms with van der Waals surface area (Å²) in [7, 11) is 0. The molecule has 0 aromatic carbocycles. The van der Waals surface area contributed by atoms with Crippen molar-refractivity contribution in [3.8, 4) is 0 Å². The minimum Gasteiger partial charge on any atom is -0.379 e. The van der Waals surface area contributed by atoms with Crippen LogP contribution in [0.5, 0.6) is 0 Å². The van der Waals surface area contributed by atoms with Crippen molar-refractivity contribution in [2.24, 2.45) is 0 Å². The fourth-order valence-electron chi connectivity index (χ4n) is 1.42. The molecular formula is C8H16N2O2. The molecule has 70 valence electrons. The molecule has 4 nitrogen and oxygen atoms in total. The van der Waals surface area contributed by atoms with Crippen LogP contribution >= 0.6 is 0 Å². The largest absolute Gasteiger partial charge is 0.379 e. The van der Waals surface area contributed by atoms with Gasteiger partial charge in [-0.2, -0.15) is 0 Å². The second kappa shape index (κ2) is 4.54. The minimum atomic E-state index is -0.358. The molecule has 4 heteroatoms. The molecule has 1 N–H and O–H groups in total. The van der Waals surface area contributed by atoms with Crippen LogP contribution in [0.3, 0.4) is 0 Å². The van der Waals surface area contributed by atoms with Gasteiger partial charge in [0.15, 0.2) is 0 Å². The average molecular weight is 172 g/mol. The average Bonchev–Trinajstić information content (AvgIpc) is 2.06. The van der Waals surface area contributed by atoms with E-state index in [2.05, 4.69) is 4.90 Å². The highest BCUT2D eigenvalue weighted by atomic mass is 16.3. The van der Waals surface area contributed by atoms with Crippen molar-refractivity contribution < 1.29 is 9.90 Å². The van der Waals surface area contributed by atoms with E-state index in [1.807, 2.05) is 4.90 Å². The lowest BCUT2D eigenvalue weighted by atomic mass is 10.3. The number of rotatable bonds is 3. The maximum absolute atomic E-state index is 10.2. The molecule has 0 saturated carbocycles. The molecule has 1 rings (SSSR count). The standard InChI is InChI=1S/C8H16N2O2/c1-8(12)10-4-2-9(3-5-10)6-7-11/h7-8,12H,2-6H2,1H3. The molecule has 1 heterocycles. The van der Waals surface area contributed by atoms with Crippen LogP contribution in [0.4, 0.5) is 0 Å². The van der Waals surface area contributed by atoms with Gasteiger partial charge in [-0.3, -0.25) is 9.80 Å². The third-order valence-electron chi connectivity index (χ3n) is 2.27. The molecule has 0 amide bonds. The lowest BCUT2D eigenvalue weighted by molar-refractivity contribution is -0.109. The molecule has 1 unspecified atom stereocenters. The molecule has 0 radical (unpaired) electrons. The van der Waals surface area contributed by atoms with Gasteiger partial charge in [0.1, 0.15) is 12.5 Å². The van der Waals surface area contributed by atoms with Crippen LogP contribution in [-0.4, -0.2) is 60.1 Å². The summed E-state index contributed by atoms with van der Waals surface area (Å²) in [4.78, 5) is 14.3. The van der Waals surface area contributed by atoms with Crippen LogP contribution in [0.2, 0.25) is 0 Å². The summed E-state index contributed by atoms with van der Waals surface area (Å²) >= 11 is 0. The Bertz CT molecular complexity index is 142.